The highest BCUT2D eigenvalue weighted by Crippen LogP contribution is 2.46. The van der Waals surface area contributed by atoms with E-state index in [1.165, 1.54) is 17.0 Å². The van der Waals surface area contributed by atoms with Crippen molar-refractivity contribution in [3.63, 3.8) is 0 Å². The maximum atomic E-state index is 14.7. The van der Waals surface area contributed by atoms with E-state index in [0.717, 1.165) is 18.6 Å². The highest BCUT2D eigenvalue weighted by atomic mass is 32.2. The average molecular weight is 881 g/mol. The fourth-order valence-electron chi connectivity index (χ4n) is 8.04. The van der Waals surface area contributed by atoms with Gasteiger partial charge >= 0.3 is 12.3 Å². The number of ether oxygens (including phenoxy) is 2. The zero-order valence-corrected chi connectivity index (χ0v) is 35.1. The number of carbonyl (C=O) groups excluding carboxylic acids is 4. The molecule has 0 radical (unpaired) electrons. The molecule has 4 aromatic rings. The van der Waals surface area contributed by atoms with Crippen molar-refractivity contribution < 1.29 is 54.7 Å². The number of halogens is 3. The van der Waals surface area contributed by atoms with Gasteiger partial charge in [-0.05, 0) is 83.6 Å². The molecule has 4 heterocycles. The SMILES string of the molecule is CC(C)(C)OC(=O)N[C@H]1CCCCC/C=C\[C@@H]2C[C@@]2(C(=O)NS(=O)(=O)C2CC2)NC(=O)[C@@H]2C[C@@H](Oc3nc(-c4ccc(C(F)(F)F)cc4)nc4c3oc3ccccc34)CN2C1=O. The van der Waals surface area contributed by atoms with Crippen LogP contribution in [-0.2, 0) is 35.3 Å². The number of nitrogens with zero attached hydrogens (tertiary/aromatic N) is 3. The smallest absolute Gasteiger partial charge is 0.416 e. The van der Waals surface area contributed by atoms with E-state index in [4.69, 9.17) is 13.9 Å². The largest absolute Gasteiger partial charge is 0.470 e. The Morgan fingerprint density at radius 1 is 0.984 bits per heavy atom. The van der Waals surface area contributed by atoms with Gasteiger partial charge in [-0.1, -0.05) is 49.3 Å². The first-order valence-corrected chi connectivity index (χ1v) is 22.2. The first-order chi connectivity index (χ1) is 29.3. The number of rotatable bonds is 7. The molecule has 2 aliphatic heterocycles. The van der Waals surface area contributed by atoms with Crippen LogP contribution in [0.4, 0.5) is 18.0 Å². The molecule has 62 heavy (non-hydrogen) atoms. The number of benzene rings is 2. The van der Waals surface area contributed by atoms with E-state index in [2.05, 4.69) is 25.3 Å². The van der Waals surface area contributed by atoms with Crippen molar-refractivity contribution in [1.82, 2.24) is 30.2 Å². The van der Waals surface area contributed by atoms with Crippen molar-refractivity contribution in [2.24, 2.45) is 5.92 Å². The van der Waals surface area contributed by atoms with Crippen molar-refractivity contribution >= 4 is 55.9 Å². The number of para-hydroxylation sites is 1. The summed E-state index contributed by atoms with van der Waals surface area (Å²) in [6, 6.07) is 8.88. The van der Waals surface area contributed by atoms with Crippen LogP contribution in [0.15, 0.2) is 65.1 Å². The van der Waals surface area contributed by atoms with Gasteiger partial charge in [0.15, 0.2) is 5.82 Å². The summed E-state index contributed by atoms with van der Waals surface area (Å²) in [6.07, 6.45) is 0.971. The molecule has 330 valence electrons. The summed E-state index contributed by atoms with van der Waals surface area (Å²) in [4.78, 5) is 66.7. The summed E-state index contributed by atoms with van der Waals surface area (Å²) < 4.78 is 86.6. The second-order valence-electron chi connectivity index (χ2n) is 17.4. The quantitative estimate of drug-likeness (QED) is 0.176. The average Bonchev–Trinajstić information content (AvgIpc) is 4.10. The number of amides is 4. The first kappa shape index (κ1) is 42.9. The van der Waals surface area contributed by atoms with Gasteiger partial charge in [-0.15, -0.1) is 0 Å². The zero-order valence-electron chi connectivity index (χ0n) is 34.3. The molecule has 2 saturated carbocycles. The summed E-state index contributed by atoms with van der Waals surface area (Å²) in [6.45, 7) is 4.85. The van der Waals surface area contributed by atoms with Crippen LogP contribution >= 0.6 is 0 Å². The van der Waals surface area contributed by atoms with Gasteiger partial charge < -0.3 is 29.4 Å². The van der Waals surface area contributed by atoms with E-state index in [-0.39, 0.29) is 48.7 Å². The van der Waals surface area contributed by atoms with Gasteiger partial charge in [0, 0.05) is 23.3 Å². The number of furan rings is 1. The predicted octanol–water partition coefficient (Wildman–Crippen LogP) is 6.31. The molecule has 2 aromatic heterocycles. The molecule has 2 aromatic carbocycles. The molecule has 4 aliphatic rings. The minimum Gasteiger partial charge on any atom is -0.470 e. The lowest BCUT2D eigenvalue weighted by Crippen LogP contribution is -2.58. The van der Waals surface area contributed by atoms with Crippen molar-refractivity contribution in [2.75, 3.05) is 6.54 Å². The lowest BCUT2D eigenvalue weighted by Gasteiger charge is -2.30. The number of fused-ring (bicyclic) bond motifs is 5. The third-order valence-corrected chi connectivity index (χ3v) is 13.3. The number of allylic oxidation sites excluding steroid dienone is 1. The van der Waals surface area contributed by atoms with Crippen LogP contribution in [0.1, 0.15) is 84.1 Å². The Hall–Kier alpha value is -5.72. The zero-order chi connectivity index (χ0) is 44.2. The number of hydrogen-bond donors (Lipinski definition) is 3. The van der Waals surface area contributed by atoms with Crippen LogP contribution < -0.4 is 20.1 Å². The normalized spacial score (nSPS) is 25.5. The maximum absolute atomic E-state index is 14.7. The van der Waals surface area contributed by atoms with Crippen molar-refractivity contribution in [2.45, 2.75) is 119 Å². The number of carbonyl (C=O) groups is 4. The second kappa shape index (κ2) is 16.2. The Balaban J connectivity index is 1.15. The fraction of sp³-hybridized carbons (Fsp3) is 0.488. The topological polar surface area (TPSA) is 199 Å². The van der Waals surface area contributed by atoms with Crippen LogP contribution in [0.3, 0.4) is 0 Å². The molecule has 19 heteroatoms. The Bertz CT molecular complexity index is 2550. The second-order valence-corrected chi connectivity index (χ2v) is 19.4. The predicted molar refractivity (Wildman–Crippen MR) is 219 cm³/mol. The van der Waals surface area contributed by atoms with Gasteiger partial charge in [0.1, 0.15) is 40.4 Å². The Morgan fingerprint density at radius 2 is 1.73 bits per heavy atom. The number of sulfonamides is 1. The molecule has 1 saturated heterocycles. The van der Waals surface area contributed by atoms with Crippen molar-refractivity contribution in [3.05, 3.63) is 66.2 Å². The summed E-state index contributed by atoms with van der Waals surface area (Å²) in [5.41, 5.74) is -2.24. The lowest BCUT2D eigenvalue weighted by molar-refractivity contribution is -0.141. The molecule has 5 atom stereocenters. The van der Waals surface area contributed by atoms with Crippen LogP contribution in [0.2, 0.25) is 0 Å². The molecule has 8 rings (SSSR count). The number of nitrogens with one attached hydrogen (secondary N) is 3. The van der Waals surface area contributed by atoms with Crippen LogP contribution in [0.25, 0.3) is 33.5 Å². The molecular formula is C43H47F3N6O9S. The Labute approximate surface area is 355 Å². The molecule has 3 fully saturated rings. The van der Waals surface area contributed by atoms with E-state index in [0.29, 0.717) is 48.6 Å². The lowest BCUT2D eigenvalue weighted by atomic mass is 10.0. The van der Waals surface area contributed by atoms with Crippen molar-refractivity contribution in [3.8, 4) is 17.3 Å². The van der Waals surface area contributed by atoms with Crippen LogP contribution in [0, 0.1) is 5.92 Å². The minimum atomic E-state index is -4.57. The van der Waals surface area contributed by atoms with Crippen LogP contribution in [0.5, 0.6) is 5.88 Å². The minimum absolute atomic E-state index is 0.0259. The summed E-state index contributed by atoms with van der Waals surface area (Å²) in [5.74, 6) is -2.81. The van der Waals surface area contributed by atoms with Gasteiger partial charge in [0.05, 0.1) is 17.4 Å². The monoisotopic (exact) mass is 880 g/mol. The number of alkyl carbamates (subject to hydrolysis) is 1. The highest BCUT2D eigenvalue weighted by Gasteiger charge is 2.62. The summed E-state index contributed by atoms with van der Waals surface area (Å²) in [7, 11) is -3.97. The third-order valence-electron chi connectivity index (χ3n) is 11.5. The molecule has 2 aliphatic carbocycles. The molecule has 0 unspecified atom stereocenters. The van der Waals surface area contributed by atoms with Gasteiger partial charge in [-0.2, -0.15) is 18.2 Å². The Morgan fingerprint density at radius 3 is 2.44 bits per heavy atom. The van der Waals surface area contributed by atoms with E-state index >= 15 is 0 Å². The summed E-state index contributed by atoms with van der Waals surface area (Å²) >= 11 is 0. The molecule has 3 N–H and O–H groups in total. The third kappa shape index (κ3) is 9.08. The number of alkyl halides is 3. The fourth-order valence-corrected chi connectivity index (χ4v) is 9.40. The standard InChI is InChI=1S/C43H47F3N6O9S/c1-41(2,3)61-40(56)47-30-13-8-6-4-5-7-11-26-22-42(26,39(55)51-62(57,58)28-19-20-28)50-36(53)31-21-27(23-52(31)38(30)54)59-37-34-33(29-12-9-10-14-32(29)60-34)48-35(49-37)24-15-17-25(18-16-24)43(44,45)46/h7,9-12,14-18,26-28,30-31H,4-6,8,13,19-23H2,1-3H3,(H,47,56)(H,50,53)(H,51,55)/b11-7-/t26-,27-,30+,31+,42-/m1/s1. The van der Waals surface area contributed by atoms with Gasteiger partial charge in [0.2, 0.25) is 27.4 Å². The van der Waals surface area contributed by atoms with E-state index in [1.807, 2.05) is 12.2 Å². The van der Waals surface area contributed by atoms with E-state index < -0.39 is 86.1 Å². The van der Waals surface area contributed by atoms with Crippen molar-refractivity contribution in [1.29, 1.82) is 0 Å². The molecule has 0 spiro atoms. The van der Waals surface area contributed by atoms with Crippen LogP contribution in [-0.4, -0.2) is 88.2 Å². The molecule has 0 bridgehead atoms. The van der Waals surface area contributed by atoms with Gasteiger partial charge in [0.25, 0.3) is 11.8 Å². The maximum Gasteiger partial charge on any atom is 0.416 e. The number of hydrogen-bond acceptors (Lipinski definition) is 11. The van der Waals surface area contributed by atoms with E-state index in [1.54, 1.807) is 45.0 Å². The van der Waals surface area contributed by atoms with E-state index in [9.17, 15) is 40.8 Å². The van der Waals surface area contributed by atoms with Gasteiger partial charge in [-0.3, -0.25) is 19.1 Å². The Kier molecular flexibility index (Phi) is 11.2. The number of aromatic nitrogens is 2. The summed E-state index contributed by atoms with van der Waals surface area (Å²) in [5, 5.41) is 5.40. The molecular weight excluding hydrogens is 834 g/mol. The molecule has 15 nitrogen and oxygen atoms in total. The molecule has 4 amide bonds. The van der Waals surface area contributed by atoms with Gasteiger partial charge in [-0.25, -0.2) is 18.2 Å². The highest BCUT2D eigenvalue weighted by molar-refractivity contribution is 7.91. The first-order valence-electron chi connectivity index (χ1n) is 20.7.